The number of aliphatic hydroxyl groups is 1. The summed E-state index contributed by atoms with van der Waals surface area (Å²) in [5, 5.41) is 13.3. The van der Waals surface area contributed by atoms with E-state index in [4.69, 9.17) is 16.3 Å². The Kier molecular flexibility index (Phi) is 6.24. The Morgan fingerprint density at radius 3 is 2.82 bits per heavy atom. The molecule has 0 aliphatic heterocycles. The van der Waals surface area contributed by atoms with Crippen molar-refractivity contribution < 1.29 is 14.6 Å². The minimum Gasteiger partial charge on any atom is -0.389 e. The standard InChI is InChI=1S/C17H24ClNO3/c1-11(2)9-22-10-12(20)8-19-17(21)15-7-14(15)13-5-3-4-6-16(13)18/h3-6,11-12,14-15,20H,7-10H2,1-2H3,(H,19,21). The molecule has 3 atom stereocenters. The lowest BCUT2D eigenvalue weighted by molar-refractivity contribution is -0.123. The predicted octanol–water partition coefficient (Wildman–Crippen LogP) is 2.59. The van der Waals surface area contributed by atoms with Crippen molar-refractivity contribution in [3.63, 3.8) is 0 Å². The summed E-state index contributed by atoms with van der Waals surface area (Å²) >= 11 is 6.15. The Labute approximate surface area is 136 Å². The smallest absolute Gasteiger partial charge is 0.223 e. The second-order valence-electron chi connectivity index (χ2n) is 6.30. The summed E-state index contributed by atoms with van der Waals surface area (Å²) in [6, 6.07) is 7.63. The molecule has 0 heterocycles. The summed E-state index contributed by atoms with van der Waals surface area (Å²) in [6.07, 6.45) is 0.149. The molecule has 1 fully saturated rings. The first kappa shape index (κ1) is 17.3. The lowest BCUT2D eigenvalue weighted by Crippen LogP contribution is -2.35. The molecule has 0 spiro atoms. The zero-order valence-electron chi connectivity index (χ0n) is 13.1. The quantitative estimate of drug-likeness (QED) is 0.772. The maximum atomic E-state index is 12.1. The van der Waals surface area contributed by atoms with Gasteiger partial charge in [0.25, 0.3) is 0 Å². The molecule has 122 valence electrons. The third-order valence-electron chi connectivity index (χ3n) is 3.71. The van der Waals surface area contributed by atoms with Crippen molar-refractivity contribution in [2.45, 2.75) is 32.3 Å². The SMILES string of the molecule is CC(C)COCC(O)CNC(=O)C1CC1c1ccccc1Cl. The summed E-state index contributed by atoms with van der Waals surface area (Å²) < 4.78 is 5.35. The van der Waals surface area contributed by atoms with E-state index in [9.17, 15) is 9.90 Å². The van der Waals surface area contributed by atoms with Crippen LogP contribution in [0.25, 0.3) is 0 Å². The molecule has 1 aromatic carbocycles. The summed E-state index contributed by atoms with van der Waals surface area (Å²) in [4.78, 5) is 12.1. The van der Waals surface area contributed by atoms with Crippen LogP contribution in [0.5, 0.6) is 0 Å². The van der Waals surface area contributed by atoms with Gasteiger partial charge in [-0.1, -0.05) is 43.6 Å². The van der Waals surface area contributed by atoms with E-state index < -0.39 is 6.10 Å². The van der Waals surface area contributed by atoms with Crippen molar-refractivity contribution in [1.82, 2.24) is 5.32 Å². The van der Waals surface area contributed by atoms with E-state index in [0.717, 1.165) is 12.0 Å². The molecule has 3 unspecified atom stereocenters. The molecule has 0 aromatic heterocycles. The van der Waals surface area contributed by atoms with Gasteiger partial charge in [-0.15, -0.1) is 0 Å². The van der Waals surface area contributed by atoms with Gasteiger partial charge in [0, 0.05) is 24.1 Å². The van der Waals surface area contributed by atoms with Crippen LogP contribution in [-0.2, 0) is 9.53 Å². The molecular weight excluding hydrogens is 302 g/mol. The van der Waals surface area contributed by atoms with Crippen molar-refractivity contribution in [3.05, 3.63) is 34.9 Å². The van der Waals surface area contributed by atoms with Gasteiger partial charge in [-0.2, -0.15) is 0 Å². The molecule has 1 saturated carbocycles. The van der Waals surface area contributed by atoms with Gasteiger partial charge < -0.3 is 15.2 Å². The average Bonchev–Trinajstić information content (AvgIpc) is 3.25. The summed E-state index contributed by atoms with van der Waals surface area (Å²) in [5.74, 6) is 0.573. The van der Waals surface area contributed by atoms with Gasteiger partial charge in [0.15, 0.2) is 0 Å². The van der Waals surface area contributed by atoms with Crippen LogP contribution in [0.3, 0.4) is 0 Å². The first-order valence-electron chi connectivity index (χ1n) is 7.77. The molecule has 2 rings (SSSR count). The van der Waals surface area contributed by atoms with E-state index in [1.165, 1.54) is 0 Å². The molecule has 22 heavy (non-hydrogen) atoms. The molecular formula is C17H24ClNO3. The molecule has 1 aromatic rings. The molecule has 1 aliphatic rings. The van der Waals surface area contributed by atoms with Crippen molar-refractivity contribution in [2.24, 2.45) is 11.8 Å². The number of halogens is 1. The Bertz CT molecular complexity index is 506. The van der Waals surface area contributed by atoms with Crippen LogP contribution in [0.4, 0.5) is 0 Å². The second-order valence-corrected chi connectivity index (χ2v) is 6.71. The third kappa shape index (κ3) is 4.97. The monoisotopic (exact) mass is 325 g/mol. The maximum Gasteiger partial charge on any atom is 0.223 e. The minimum atomic E-state index is -0.666. The number of amides is 1. The number of hydrogen-bond donors (Lipinski definition) is 2. The Balaban J connectivity index is 1.70. The van der Waals surface area contributed by atoms with Crippen LogP contribution < -0.4 is 5.32 Å². The van der Waals surface area contributed by atoms with Crippen LogP contribution in [0.1, 0.15) is 31.7 Å². The average molecular weight is 326 g/mol. The normalized spacial score (nSPS) is 21.7. The number of benzene rings is 1. The van der Waals surface area contributed by atoms with Gasteiger partial charge in [-0.3, -0.25) is 4.79 Å². The van der Waals surface area contributed by atoms with Crippen molar-refractivity contribution >= 4 is 17.5 Å². The Hall–Kier alpha value is -1.10. The number of nitrogens with one attached hydrogen (secondary N) is 1. The summed E-state index contributed by atoms with van der Waals surface area (Å²) in [6.45, 7) is 5.19. The molecule has 5 heteroatoms. The van der Waals surface area contributed by atoms with Crippen LogP contribution in [0.2, 0.25) is 5.02 Å². The lowest BCUT2D eigenvalue weighted by atomic mass is 10.1. The van der Waals surface area contributed by atoms with Crippen molar-refractivity contribution in [3.8, 4) is 0 Å². The molecule has 1 aliphatic carbocycles. The topological polar surface area (TPSA) is 58.6 Å². The van der Waals surface area contributed by atoms with E-state index in [1.807, 2.05) is 24.3 Å². The summed E-state index contributed by atoms with van der Waals surface area (Å²) in [7, 11) is 0. The van der Waals surface area contributed by atoms with Gasteiger partial charge in [-0.05, 0) is 29.9 Å². The van der Waals surface area contributed by atoms with Crippen molar-refractivity contribution in [1.29, 1.82) is 0 Å². The number of carbonyl (C=O) groups excluding carboxylic acids is 1. The second kappa shape index (κ2) is 7.95. The number of aliphatic hydroxyl groups excluding tert-OH is 1. The highest BCUT2D eigenvalue weighted by Crippen LogP contribution is 2.49. The Morgan fingerprint density at radius 1 is 1.41 bits per heavy atom. The molecule has 4 nitrogen and oxygen atoms in total. The first-order chi connectivity index (χ1) is 10.5. The van der Waals surface area contributed by atoms with Gasteiger partial charge in [0.05, 0.1) is 12.7 Å². The highest BCUT2D eigenvalue weighted by Gasteiger charge is 2.44. The van der Waals surface area contributed by atoms with Gasteiger partial charge >= 0.3 is 0 Å². The van der Waals surface area contributed by atoms with Crippen LogP contribution >= 0.6 is 11.6 Å². The fraction of sp³-hybridized carbons (Fsp3) is 0.588. The number of rotatable bonds is 8. The zero-order chi connectivity index (χ0) is 16.1. The number of ether oxygens (including phenoxy) is 1. The highest BCUT2D eigenvalue weighted by atomic mass is 35.5. The molecule has 0 bridgehead atoms. The molecule has 2 N–H and O–H groups in total. The summed E-state index contributed by atoms with van der Waals surface area (Å²) in [5.41, 5.74) is 1.03. The fourth-order valence-electron chi connectivity index (χ4n) is 2.45. The van der Waals surface area contributed by atoms with Crippen LogP contribution in [0, 0.1) is 11.8 Å². The van der Waals surface area contributed by atoms with Gasteiger partial charge in [0.1, 0.15) is 0 Å². The van der Waals surface area contributed by atoms with Gasteiger partial charge in [-0.25, -0.2) is 0 Å². The Morgan fingerprint density at radius 2 is 2.14 bits per heavy atom. The molecule has 0 radical (unpaired) electrons. The van der Waals surface area contributed by atoms with E-state index in [1.54, 1.807) is 0 Å². The maximum absolute atomic E-state index is 12.1. The first-order valence-corrected chi connectivity index (χ1v) is 8.14. The van der Waals surface area contributed by atoms with E-state index in [2.05, 4.69) is 19.2 Å². The van der Waals surface area contributed by atoms with Crippen molar-refractivity contribution in [2.75, 3.05) is 19.8 Å². The van der Waals surface area contributed by atoms with E-state index >= 15 is 0 Å². The fourth-order valence-corrected chi connectivity index (χ4v) is 2.73. The highest BCUT2D eigenvalue weighted by molar-refractivity contribution is 6.31. The van der Waals surface area contributed by atoms with E-state index in [0.29, 0.717) is 17.5 Å². The zero-order valence-corrected chi connectivity index (χ0v) is 13.8. The van der Waals surface area contributed by atoms with E-state index in [-0.39, 0.29) is 30.9 Å². The third-order valence-corrected chi connectivity index (χ3v) is 4.05. The predicted molar refractivity (Wildman–Crippen MR) is 87.0 cm³/mol. The van der Waals surface area contributed by atoms with Gasteiger partial charge in [0.2, 0.25) is 5.91 Å². The lowest BCUT2D eigenvalue weighted by Gasteiger charge is -2.13. The molecule has 1 amide bonds. The van der Waals surface area contributed by atoms with Crippen LogP contribution in [-0.4, -0.2) is 36.9 Å². The molecule has 0 saturated heterocycles. The largest absolute Gasteiger partial charge is 0.389 e. The minimum absolute atomic E-state index is 0.0205. The van der Waals surface area contributed by atoms with Crippen LogP contribution in [0.15, 0.2) is 24.3 Å². The number of hydrogen-bond acceptors (Lipinski definition) is 3. The number of carbonyl (C=O) groups is 1.